The van der Waals surface area contributed by atoms with Crippen LogP contribution in [-0.2, 0) is 13.2 Å². The summed E-state index contributed by atoms with van der Waals surface area (Å²) in [5, 5.41) is 2.88. The number of hydrogen-bond donors (Lipinski definition) is 1. The SMILES string of the molecule is CCOc1cc(C(=O)NCc2cccnc2)ccc1OCc1cccnc1. The second-order valence-corrected chi connectivity index (χ2v) is 5.79. The third kappa shape index (κ3) is 5.28. The number of carbonyl (C=O) groups excluding carboxylic acids is 1. The Bertz CT molecular complexity index is 870. The van der Waals surface area contributed by atoms with Gasteiger partial charge in [-0.1, -0.05) is 12.1 Å². The zero-order valence-electron chi connectivity index (χ0n) is 15.1. The molecular weight excluding hydrogens is 342 g/mol. The van der Waals surface area contributed by atoms with E-state index in [0.29, 0.717) is 36.8 Å². The van der Waals surface area contributed by atoms with Crippen LogP contribution < -0.4 is 14.8 Å². The molecule has 3 rings (SSSR count). The van der Waals surface area contributed by atoms with E-state index in [1.807, 2.05) is 31.2 Å². The maximum absolute atomic E-state index is 12.4. The lowest BCUT2D eigenvalue weighted by molar-refractivity contribution is 0.0950. The van der Waals surface area contributed by atoms with Crippen LogP contribution >= 0.6 is 0 Å². The van der Waals surface area contributed by atoms with E-state index in [1.165, 1.54) is 0 Å². The Kier molecular flexibility index (Phi) is 6.35. The zero-order valence-corrected chi connectivity index (χ0v) is 15.1. The maximum Gasteiger partial charge on any atom is 0.251 e. The Labute approximate surface area is 158 Å². The third-order valence-corrected chi connectivity index (χ3v) is 3.80. The molecule has 0 radical (unpaired) electrons. The van der Waals surface area contributed by atoms with Crippen molar-refractivity contribution in [1.29, 1.82) is 0 Å². The molecule has 1 N–H and O–H groups in total. The average molecular weight is 363 g/mol. The van der Waals surface area contributed by atoms with Gasteiger partial charge in [-0.3, -0.25) is 14.8 Å². The van der Waals surface area contributed by atoms with Crippen LogP contribution in [0.4, 0.5) is 0 Å². The highest BCUT2D eigenvalue weighted by atomic mass is 16.5. The second kappa shape index (κ2) is 9.33. The standard InChI is InChI=1S/C21H21N3O3/c1-2-26-20-11-18(21(25)24-14-16-5-3-9-22-12-16)7-8-19(20)27-15-17-6-4-10-23-13-17/h3-13H,2,14-15H2,1H3,(H,24,25). The van der Waals surface area contributed by atoms with E-state index in [1.54, 1.807) is 43.0 Å². The van der Waals surface area contributed by atoms with Crippen molar-refractivity contribution in [2.75, 3.05) is 6.61 Å². The molecule has 0 aliphatic carbocycles. The molecule has 3 aromatic rings. The van der Waals surface area contributed by atoms with Crippen molar-refractivity contribution in [2.24, 2.45) is 0 Å². The lowest BCUT2D eigenvalue weighted by atomic mass is 10.1. The van der Waals surface area contributed by atoms with Gasteiger partial charge < -0.3 is 14.8 Å². The minimum Gasteiger partial charge on any atom is -0.490 e. The largest absolute Gasteiger partial charge is 0.490 e. The lowest BCUT2D eigenvalue weighted by Crippen LogP contribution is -2.22. The zero-order chi connectivity index (χ0) is 18.9. The molecule has 0 unspecified atom stereocenters. The van der Waals surface area contributed by atoms with E-state index in [4.69, 9.17) is 9.47 Å². The van der Waals surface area contributed by atoms with Crippen LogP contribution in [0.5, 0.6) is 11.5 Å². The number of nitrogens with one attached hydrogen (secondary N) is 1. The Balaban J connectivity index is 1.67. The van der Waals surface area contributed by atoms with Gasteiger partial charge in [0.25, 0.3) is 5.91 Å². The number of hydrogen-bond acceptors (Lipinski definition) is 5. The van der Waals surface area contributed by atoms with Crippen LogP contribution in [0.3, 0.4) is 0 Å². The lowest BCUT2D eigenvalue weighted by Gasteiger charge is -2.13. The summed E-state index contributed by atoms with van der Waals surface area (Å²) in [5.74, 6) is 0.943. The maximum atomic E-state index is 12.4. The smallest absolute Gasteiger partial charge is 0.251 e. The van der Waals surface area contributed by atoms with Gasteiger partial charge >= 0.3 is 0 Å². The number of aromatic nitrogens is 2. The Morgan fingerprint density at radius 3 is 2.37 bits per heavy atom. The Hall–Kier alpha value is -3.41. The summed E-state index contributed by atoms with van der Waals surface area (Å²) in [6.45, 7) is 3.15. The summed E-state index contributed by atoms with van der Waals surface area (Å²) in [6, 6.07) is 12.7. The molecule has 0 saturated carbocycles. The van der Waals surface area contributed by atoms with Gasteiger partial charge in [0.05, 0.1) is 6.61 Å². The first kappa shape index (κ1) is 18.4. The normalized spacial score (nSPS) is 10.3. The van der Waals surface area contributed by atoms with E-state index >= 15 is 0 Å². The van der Waals surface area contributed by atoms with E-state index < -0.39 is 0 Å². The van der Waals surface area contributed by atoms with Crippen LogP contribution in [0.25, 0.3) is 0 Å². The molecule has 6 nitrogen and oxygen atoms in total. The fourth-order valence-electron chi connectivity index (χ4n) is 2.47. The van der Waals surface area contributed by atoms with E-state index in [-0.39, 0.29) is 5.91 Å². The van der Waals surface area contributed by atoms with Crippen molar-refractivity contribution in [3.63, 3.8) is 0 Å². The van der Waals surface area contributed by atoms with Crippen molar-refractivity contribution in [1.82, 2.24) is 15.3 Å². The Morgan fingerprint density at radius 2 is 1.70 bits per heavy atom. The van der Waals surface area contributed by atoms with Gasteiger partial charge in [0.15, 0.2) is 11.5 Å². The molecule has 0 fully saturated rings. The number of ether oxygens (including phenoxy) is 2. The van der Waals surface area contributed by atoms with Crippen LogP contribution in [0, 0.1) is 0 Å². The predicted octanol–water partition coefficient (Wildman–Crippen LogP) is 3.38. The second-order valence-electron chi connectivity index (χ2n) is 5.79. The van der Waals surface area contributed by atoms with Crippen LogP contribution in [0.15, 0.2) is 67.3 Å². The Morgan fingerprint density at radius 1 is 0.963 bits per heavy atom. The van der Waals surface area contributed by atoms with Crippen molar-refractivity contribution >= 4 is 5.91 Å². The molecule has 27 heavy (non-hydrogen) atoms. The van der Waals surface area contributed by atoms with Gasteiger partial charge in [-0.25, -0.2) is 0 Å². The van der Waals surface area contributed by atoms with Crippen LogP contribution in [0.2, 0.25) is 0 Å². The minimum absolute atomic E-state index is 0.182. The number of nitrogens with zero attached hydrogens (tertiary/aromatic N) is 2. The number of pyridine rings is 2. The highest BCUT2D eigenvalue weighted by Crippen LogP contribution is 2.29. The third-order valence-electron chi connectivity index (χ3n) is 3.80. The molecule has 2 aromatic heterocycles. The molecule has 0 aliphatic rings. The number of amides is 1. The van der Waals surface area contributed by atoms with Crippen molar-refractivity contribution in [3.8, 4) is 11.5 Å². The van der Waals surface area contributed by atoms with Gasteiger partial charge in [-0.2, -0.15) is 0 Å². The highest BCUT2D eigenvalue weighted by molar-refractivity contribution is 5.94. The van der Waals surface area contributed by atoms with Gasteiger partial charge in [-0.05, 0) is 42.8 Å². The highest BCUT2D eigenvalue weighted by Gasteiger charge is 2.12. The summed E-state index contributed by atoms with van der Waals surface area (Å²) >= 11 is 0. The molecule has 0 saturated heterocycles. The van der Waals surface area contributed by atoms with Crippen molar-refractivity contribution in [3.05, 3.63) is 83.9 Å². The first-order valence-electron chi connectivity index (χ1n) is 8.72. The molecule has 1 aromatic carbocycles. The summed E-state index contributed by atoms with van der Waals surface area (Å²) in [4.78, 5) is 20.5. The van der Waals surface area contributed by atoms with Gasteiger partial charge in [-0.15, -0.1) is 0 Å². The van der Waals surface area contributed by atoms with E-state index in [0.717, 1.165) is 11.1 Å². The van der Waals surface area contributed by atoms with Crippen molar-refractivity contribution in [2.45, 2.75) is 20.1 Å². The summed E-state index contributed by atoms with van der Waals surface area (Å²) in [6.07, 6.45) is 6.89. The van der Waals surface area contributed by atoms with E-state index in [2.05, 4.69) is 15.3 Å². The molecule has 1 amide bonds. The fraction of sp³-hybridized carbons (Fsp3) is 0.190. The molecular formula is C21H21N3O3. The van der Waals surface area contributed by atoms with E-state index in [9.17, 15) is 4.79 Å². The summed E-state index contributed by atoms with van der Waals surface area (Å²) < 4.78 is 11.5. The molecule has 2 heterocycles. The number of carbonyl (C=O) groups is 1. The van der Waals surface area contributed by atoms with Gasteiger partial charge in [0, 0.05) is 42.5 Å². The minimum atomic E-state index is -0.182. The van der Waals surface area contributed by atoms with Crippen molar-refractivity contribution < 1.29 is 14.3 Å². The average Bonchev–Trinajstić information content (AvgIpc) is 2.73. The summed E-state index contributed by atoms with van der Waals surface area (Å²) in [7, 11) is 0. The first-order chi connectivity index (χ1) is 13.3. The van der Waals surface area contributed by atoms with Gasteiger partial charge in [0.2, 0.25) is 0 Å². The summed E-state index contributed by atoms with van der Waals surface area (Å²) in [5.41, 5.74) is 2.40. The topological polar surface area (TPSA) is 73.3 Å². The predicted molar refractivity (Wildman–Crippen MR) is 102 cm³/mol. The number of benzene rings is 1. The fourth-order valence-corrected chi connectivity index (χ4v) is 2.47. The van der Waals surface area contributed by atoms with Crippen LogP contribution in [-0.4, -0.2) is 22.5 Å². The molecule has 6 heteroatoms. The first-order valence-corrected chi connectivity index (χ1v) is 8.72. The molecule has 0 bridgehead atoms. The number of rotatable bonds is 8. The molecule has 0 spiro atoms. The molecule has 138 valence electrons. The quantitative estimate of drug-likeness (QED) is 0.664. The monoisotopic (exact) mass is 363 g/mol. The van der Waals surface area contributed by atoms with Crippen LogP contribution in [0.1, 0.15) is 28.4 Å². The van der Waals surface area contributed by atoms with Gasteiger partial charge in [0.1, 0.15) is 6.61 Å². The molecule has 0 atom stereocenters. The molecule has 0 aliphatic heterocycles.